The van der Waals surface area contributed by atoms with Crippen molar-refractivity contribution in [2.24, 2.45) is 0 Å². The number of hydrogen-bond acceptors (Lipinski definition) is 4. The molecule has 7 nitrogen and oxygen atoms in total. The minimum atomic E-state index is -0.780. The maximum atomic E-state index is 12.5. The molecule has 0 saturated heterocycles. The van der Waals surface area contributed by atoms with E-state index in [2.05, 4.69) is 5.32 Å². The van der Waals surface area contributed by atoms with Gasteiger partial charge >= 0.3 is 11.1 Å². The maximum absolute atomic E-state index is 12.5. The van der Waals surface area contributed by atoms with Crippen molar-refractivity contribution < 1.29 is 9.53 Å². The molecule has 0 fully saturated rings. The van der Waals surface area contributed by atoms with Crippen LogP contribution in [-0.2, 0) is 17.8 Å². The summed E-state index contributed by atoms with van der Waals surface area (Å²) in [5, 5.41) is 2.99. The topological polar surface area (TPSA) is 82.3 Å². The maximum Gasteiger partial charge on any atom is 0.320 e. The number of hydrogen-bond donors (Lipinski definition) is 1. The third kappa shape index (κ3) is 4.57. The summed E-state index contributed by atoms with van der Waals surface area (Å²) < 4.78 is 7.41. The highest BCUT2D eigenvalue weighted by atomic mass is 35.5. The average Bonchev–Trinajstić information content (AvgIpc) is 2.71. The summed E-state index contributed by atoms with van der Waals surface area (Å²) in [6.07, 6.45) is 3.72. The van der Waals surface area contributed by atoms with Gasteiger partial charge in [-0.3, -0.25) is 23.5 Å². The zero-order valence-electron chi connectivity index (χ0n) is 16.0. The standard InChI is InChI=1S/C21H20ClN3O4/c1-3-14-5-4-6-16(11-14)25-10-9-24(20(27)21(25)28)13-19(26)23-15-7-8-18(29-2)17(22)12-15/h4-12H,3,13H2,1-2H3,(H,23,26). The van der Waals surface area contributed by atoms with Gasteiger partial charge in [-0.1, -0.05) is 30.7 Å². The van der Waals surface area contributed by atoms with Crippen molar-refractivity contribution in [3.8, 4) is 11.4 Å². The molecule has 150 valence electrons. The van der Waals surface area contributed by atoms with Crippen LogP contribution in [0.4, 0.5) is 5.69 Å². The monoisotopic (exact) mass is 413 g/mol. The average molecular weight is 414 g/mol. The first kappa shape index (κ1) is 20.4. The number of halogens is 1. The molecule has 1 aromatic heterocycles. The molecule has 0 aliphatic heterocycles. The first-order valence-corrected chi connectivity index (χ1v) is 9.35. The molecule has 0 radical (unpaired) electrons. The molecule has 0 aliphatic carbocycles. The van der Waals surface area contributed by atoms with Gasteiger partial charge in [0.25, 0.3) is 0 Å². The lowest BCUT2D eigenvalue weighted by Gasteiger charge is -2.11. The van der Waals surface area contributed by atoms with Crippen molar-refractivity contribution in [3.63, 3.8) is 0 Å². The summed E-state index contributed by atoms with van der Waals surface area (Å²) in [5.41, 5.74) is 0.615. The molecule has 8 heteroatoms. The molecule has 0 spiro atoms. The van der Waals surface area contributed by atoms with E-state index in [0.29, 0.717) is 22.1 Å². The number of rotatable bonds is 6. The molecular formula is C21H20ClN3O4. The molecule has 2 aromatic carbocycles. The van der Waals surface area contributed by atoms with Gasteiger partial charge in [-0.15, -0.1) is 0 Å². The molecule has 0 aliphatic rings. The van der Waals surface area contributed by atoms with Gasteiger partial charge in [-0.25, -0.2) is 0 Å². The van der Waals surface area contributed by atoms with Crippen LogP contribution in [0.15, 0.2) is 64.4 Å². The smallest absolute Gasteiger partial charge is 0.320 e. The third-order valence-corrected chi connectivity index (χ3v) is 4.70. The van der Waals surface area contributed by atoms with E-state index in [0.717, 1.165) is 16.6 Å². The molecule has 1 N–H and O–H groups in total. The number of anilines is 1. The summed E-state index contributed by atoms with van der Waals surface area (Å²) in [6, 6.07) is 12.2. The van der Waals surface area contributed by atoms with Crippen molar-refractivity contribution in [2.75, 3.05) is 12.4 Å². The van der Waals surface area contributed by atoms with Crippen molar-refractivity contribution >= 4 is 23.2 Å². The van der Waals surface area contributed by atoms with E-state index in [9.17, 15) is 14.4 Å². The highest BCUT2D eigenvalue weighted by Gasteiger charge is 2.11. The quantitative estimate of drug-likeness (QED) is 0.630. The molecule has 1 heterocycles. The number of ether oxygens (including phenoxy) is 1. The summed E-state index contributed by atoms with van der Waals surface area (Å²) in [6.45, 7) is 1.71. The van der Waals surface area contributed by atoms with Gasteiger partial charge in [0.05, 0.1) is 12.1 Å². The van der Waals surface area contributed by atoms with E-state index >= 15 is 0 Å². The van der Waals surface area contributed by atoms with Crippen molar-refractivity contribution in [1.82, 2.24) is 9.13 Å². The van der Waals surface area contributed by atoms with E-state index in [1.807, 2.05) is 25.1 Å². The number of benzene rings is 2. The largest absolute Gasteiger partial charge is 0.495 e. The van der Waals surface area contributed by atoms with Crippen molar-refractivity contribution in [3.05, 3.63) is 86.2 Å². The van der Waals surface area contributed by atoms with E-state index in [4.69, 9.17) is 16.3 Å². The molecule has 0 unspecified atom stereocenters. The lowest BCUT2D eigenvalue weighted by molar-refractivity contribution is -0.116. The van der Waals surface area contributed by atoms with Gasteiger partial charge in [0.15, 0.2) is 0 Å². The molecule has 3 rings (SSSR count). The number of aromatic nitrogens is 2. The molecule has 1 amide bonds. The van der Waals surface area contributed by atoms with Crippen LogP contribution in [0, 0.1) is 0 Å². The first-order chi connectivity index (χ1) is 13.9. The van der Waals surface area contributed by atoms with Crippen LogP contribution < -0.4 is 21.2 Å². The highest BCUT2D eigenvalue weighted by Crippen LogP contribution is 2.27. The Morgan fingerprint density at radius 1 is 1.10 bits per heavy atom. The van der Waals surface area contributed by atoms with Crippen molar-refractivity contribution in [2.45, 2.75) is 19.9 Å². The summed E-state index contributed by atoms with van der Waals surface area (Å²) in [4.78, 5) is 37.3. The Morgan fingerprint density at radius 3 is 2.59 bits per heavy atom. The van der Waals surface area contributed by atoms with Crippen LogP contribution in [0.1, 0.15) is 12.5 Å². The Morgan fingerprint density at radius 2 is 1.90 bits per heavy atom. The number of aryl methyl sites for hydroxylation is 1. The fraction of sp³-hybridized carbons (Fsp3) is 0.190. The van der Waals surface area contributed by atoms with E-state index in [1.54, 1.807) is 24.3 Å². The number of amides is 1. The lowest BCUT2D eigenvalue weighted by Crippen LogP contribution is -2.41. The lowest BCUT2D eigenvalue weighted by atomic mass is 10.1. The van der Waals surface area contributed by atoms with Gasteiger partial charge in [0, 0.05) is 23.8 Å². The van der Waals surface area contributed by atoms with Gasteiger partial charge in [-0.2, -0.15) is 0 Å². The van der Waals surface area contributed by atoms with Crippen molar-refractivity contribution in [1.29, 1.82) is 0 Å². The number of carbonyl (C=O) groups is 1. The number of carbonyl (C=O) groups excluding carboxylic acids is 1. The Balaban J connectivity index is 1.80. The van der Waals surface area contributed by atoms with Crippen LogP contribution >= 0.6 is 11.6 Å². The Bertz CT molecular complexity index is 1170. The fourth-order valence-corrected chi connectivity index (χ4v) is 3.12. The van der Waals surface area contributed by atoms with Crippen LogP contribution in [0.5, 0.6) is 5.75 Å². The van der Waals surface area contributed by atoms with Gasteiger partial charge in [0.2, 0.25) is 5.91 Å². The second kappa shape index (κ2) is 8.79. The first-order valence-electron chi connectivity index (χ1n) is 8.97. The third-order valence-electron chi connectivity index (χ3n) is 4.40. The minimum absolute atomic E-state index is 0.298. The summed E-state index contributed by atoms with van der Waals surface area (Å²) in [7, 11) is 1.49. The van der Waals surface area contributed by atoms with Gasteiger partial charge in [0.1, 0.15) is 12.3 Å². The molecular weight excluding hydrogens is 394 g/mol. The van der Waals surface area contributed by atoms with Crippen LogP contribution in [0.2, 0.25) is 5.02 Å². The van der Waals surface area contributed by atoms with Crippen LogP contribution in [-0.4, -0.2) is 22.2 Å². The van der Waals surface area contributed by atoms with E-state index in [1.165, 1.54) is 24.1 Å². The summed E-state index contributed by atoms with van der Waals surface area (Å²) >= 11 is 6.04. The van der Waals surface area contributed by atoms with Gasteiger partial charge in [-0.05, 0) is 42.3 Å². The van der Waals surface area contributed by atoms with Crippen LogP contribution in [0.25, 0.3) is 5.69 Å². The Labute approximate surface area is 172 Å². The zero-order valence-corrected chi connectivity index (χ0v) is 16.8. The zero-order chi connectivity index (χ0) is 21.0. The van der Waals surface area contributed by atoms with E-state index < -0.39 is 17.0 Å². The second-order valence-electron chi connectivity index (χ2n) is 6.33. The fourth-order valence-electron chi connectivity index (χ4n) is 2.86. The number of nitrogens with zero attached hydrogens (tertiary/aromatic N) is 2. The molecule has 0 bridgehead atoms. The van der Waals surface area contributed by atoms with E-state index in [-0.39, 0.29) is 6.54 Å². The second-order valence-corrected chi connectivity index (χ2v) is 6.73. The van der Waals surface area contributed by atoms with Gasteiger partial charge < -0.3 is 10.1 Å². The SMILES string of the molecule is CCc1cccc(-n2ccn(CC(=O)Nc3ccc(OC)c(Cl)c3)c(=O)c2=O)c1. The predicted molar refractivity (Wildman–Crippen MR) is 112 cm³/mol. The summed E-state index contributed by atoms with van der Waals surface area (Å²) in [5.74, 6) is 0.0232. The number of methoxy groups -OCH3 is 1. The molecule has 0 saturated carbocycles. The number of nitrogens with one attached hydrogen (secondary N) is 1. The molecule has 29 heavy (non-hydrogen) atoms. The normalized spacial score (nSPS) is 10.6. The Kier molecular flexibility index (Phi) is 6.19. The predicted octanol–water partition coefficient (Wildman–Crippen LogP) is 2.86. The van der Waals surface area contributed by atoms with Crippen LogP contribution in [0.3, 0.4) is 0 Å². The Hall–Kier alpha value is -3.32. The highest BCUT2D eigenvalue weighted by molar-refractivity contribution is 6.32. The minimum Gasteiger partial charge on any atom is -0.495 e. The molecule has 0 atom stereocenters. The molecule has 3 aromatic rings.